The average Bonchev–Trinajstić information content (AvgIpc) is 2.48. The molecule has 0 amide bonds. The summed E-state index contributed by atoms with van der Waals surface area (Å²) >= 11 is 0. The van der Waals surface area contributed by atoms with E-state index in [4.69, 9.17) is 5.11 Å². The molecule has 21 heavy (non-hydrogen) atoms. The van der Waals surface area contributed by atoms with Crippen LogP contribution in [-0.2, 0) is 15.6 Å². The summed E-state index contributed by atoms with van der Waals surface area (Å²) < 4.78 is 24.6. The highest BCUT2D eigenvalue weighted by atomic mass is 32.2. The molecule has 0 saturated carbocycles. The molecule has 2 aromatic rings. The Kier molecular flexibility index (Phi) is 4.87. The molecule has 0 aliphatic carbocycles. The molecule has 0 bridgehead atoms. The van der Waals surface area contributed by atoms with Crippen molar-refractivity contribution in [3.8, 4) is 0 Å². The maximum Gasteiger partial charge on any atom is 0.249 e. The van der Waals surface area contributed by atoms with E-state index < -0.39 is 9.84 Å². The molecule has 1 atom stereocenters. The number of aliphatic hydroxyl groups excluding tert-OH is 1. The van der Waals surface area contributed by atoms with Gasteiger partial charge in [0.15, 0.2) is 0 Å². The van der Waals surface area contributed by atoms with Gasteiger partial charge in [-0.25, -0.2) is 18.4 Å². The van der Waals surface area contributed by atoms with Crippen LogP contribution in [0.2, 0.25) is 0 Å². The van der Waals surface area contributed by atoms with E-state index in [2.05, 4.69) is 15.3 Å². The monoisotopic (exact) mass is 307 g/mol. The number of benzene rings is 1. The number of sulfone groups is 1. The Bertz CT molecular complexity index is 690. The fourth-order valence-electron chi connectivity index (χ4n) is 1.73. The Morgan fingerprint density at radius 2 is 1.95 bits per heavy atom. The minimum absolute atomic E-state index is 0.0733. The largest absolute Gasteiger partial charge is 0.394 e. The first-order valence-corrected chi connectivity index (χ1v) is 8.13. The second-order valence-electron chi connectivity index (χ2n) is 4.70. The Morgan fingerprint density at radius 3 is 2.62 bits per heavy atom. The van der Waals surface area contributed by atoms with Gasteiger partial charge in [-0.05, 0) is 18.6 Å². The number of hydrogen-bond donors (Lipinski definition) is 2. The van der Waals surface area contributed by atoms with Crippen molar-refractivity contribution in [2.24, 2.45) is 0 Å². The highest BCUT2D eigenvalue weighted by Crippen LogP contribution is 2.14. The van der Waals surface area contributed by atoms with E-state index in [1.54, 1.807) is 37.3 Å². The van der Waals surface area contributed by atoms with E-state index in [-0.39, 0.29) is 23.6 Å². The van der Waals surface area contributed by atoms with Crippen molar-refractivity contribution in [3.63, 3.8) is 0 Å². The fraction of sp³-hybridized carbons (Fsp3) is 0.286. The summed E-state index contributed by atoms with van der Waals surface area (Å²) in [5.41, 5.74) is 0.684. The van der Waals surface area contributed by atoms with Gasteiger partial charge in [0.1, 0.15) is 5.82 Å². The molecule has 1 heterocycles. The lowest BCUT2D eigenvalue weighted by molar-refractivity contribution is 0.281. The normalized spacial score (nSPS) is 12.9. The number of anilines is 1. The molecule has 1 aromatic heterocycles. The van der Waals surface area contributed by atoms with Crippen molar-refractivity contribution in [1.29, 1.82) is 0 Å². The molecule has 0 fully saturated rings. The zero-order valence-electron chi connectivity index (χ0n) is 11.6. The number of nitrogens with zero attached hydrogens (tertiary/aromatic N) is 2. The third-order valence-corrected chi connectivity index (χ3v) is 4.25. The standard InChI is InChI=1S/C14H17N3O3S/c1-11(9-18)16-13-7-8-15-14(17-13)21(19,20)10-12-5-3-2-4-6-12/h2-8,11,18H,9-10H2,1H3,(H,15,16,17)/t11-/m1/s1. The van der Waals surface area contributed by atoms with Crippen LogP contribution < -0.4 is 5.32 Å². The molecule has 7 heteroatoms. The molecule has 0 radical (unpaired) electrons. The lowest BCUT2D eigenvalue weighted by atomic mass is 10.2. The van der Waals surface area contributed by atoms with E-state index >= 15 is 0 Å². The summed E-state index contributed by atoms with van der Waals surface area (Å²) in [6.45, 7) is 1.69. The summed E-state index contributed by atoms with van der Waals surface area (Å²) in [5.74, 6) is 0.227. The SMILES string of the molecule is C[C@H](CO)Nc1ccnc(S(=O)(=O)Cc2ccccc2)n1. The van der Waals surface area contributed by atoms with Crippen LogP contribution in [-0.4, -0.2) is 36.1 Å². The second kappa shape index (κ2) is 6.64. The smallest absolute Gasteiger partial charge is 0.249 e. The average molecular weight is 307 g/mol. The first-order valence-electron chi connectivity index (χ1n) is 6.48. The lowest BCUT2D eigenvalue weighted by Gasteiger charge is -2.11. The number of nitrogens with one attached hydrogen (secondary N) is 1. The van der Waals surface area contributed by atoms with Crippen LogP contribution in [0.1, 0.15) is 12.5 Å². The topological polar surface area (TPSA) is 92.2 Å². The van der Waals surface area contributed by atoms with Crippen LogP contribution in [0.3, 0.4) is 0 Å². The summed E-state index contributed by atoms with van der Waals surface area (Å²) in [4.78, 5) is 7.85. The Labute approximate surface area is 123 Å². The minimum atomic E-state index is -3.60. The maximum absolute atomic E-state index is 12.3. The van der Waals surface area contributed by atoms with Gasteiger partial charge in [-0.3, -0.25) is 0 Å². The predicted octanol–water partition coefficient (Wildman–Crippen LogP) is 1.24. The van der Waals surface area contributed by atoms with Crippen LogP contribution in [0.15, 0.2) is 47.8 Å². The number of aromatic nitrogens is 2. The van der Waals surface area contributed by atoms with Crippen LogP contribution in [0.5, 0.6) is 0 Å². The molecule has 0 unspecified atom stereocenters. The van der Waals surface area contributed by atoms with E-state index in [1.165, 1.54) is 6.20 Å². The van der Waals surface area contributed by atoms with Gasteiger partial charge in [0, 0.05) is 12.2 Å². The van der Waals surface area contributed by atoms with Gasteiger partial charge in [-0.2, -0.15) is 0 Å². The van der Waals surface area contributed by atoms with Crippen molar-refractivity contribution < 1.29 is 13.5 Å². The van der Waals surface area contributed by atoms with Gasteiger partial charge in [0.25, 0.3) is 0 Å². The third-order valence-electron chi connectivity index (χ3n) is 2.78. The number of hydrogen-bond acceptors (Lipinski definition) is 6. The molecule has 2 rings (SSSR count). The summed E-state index contributed by atoms with van der Waals surface area (Å²) in [7, 11) is -3.60. The zero-order valence-corrected chi connectivity index (χ0v) is 12.4. The maximum atomic E-state index is 12.3. The summed E-state index contributed by atoms with van der Waals surface area (Å²) in [6.07, 6.45) is 1.39. The van der Waals surface area contributed by atoms with Crippen LogP contribution >= 0.6 is 0 Å². The molecule has 6 nitrogen and oxygen atoms in total. The molecule has 112 valence electrons. The van der Waals surface area contributed by atoms with Crippen molar-refractivity contribution in [2.75, 3.05) is 11.9 Å². The zero-order chi connectivity index (χ0) is 15.3. The van der Waals surface area contributed by atoms with E-state index in [0.29, 0.717) is 11.4 Å². The molecular formula is C14H17N3O3S. The molecule has 0 saturated heterocycles. The van der Waals surface area contributed by atoms with Crippen LogP contribution in [0, 0.1) is 0 Å². The Morgan fingerprint density at radius 1 is 1.24 bits per heavy atom. The first-order chi connectivity index (χ1) is 10.0. The predicted molar refractivity (Wildman–Crippen MR) is 79.5 cm³/mol. The molecule has 0 spiro atoms. The van der Waals surface area contributed by atoms with Crippen LogP contribution in [0.4, 0.5) is 5.82 Å². The number of rotatable bonds is 6. The quantitative estimate of drug-likeness (QED) is 0.780. The second-order valence-corrected chi connectivity index (χ2v) is 6.58. The van der Waals surface area contributed by atoms with Crippen LogP contribution in [0.25, 0.3) is 0 Å². The molecular weight excluding hydrogens is 290 g/mol. The molecule has 0 aliphatic rings. The molecule has 1 aromatic carbocycles. The van der Waals surface area contributed by atoms with Gasteiger partial charge in [0.2, 0.25) is 15.0 Å². The Balaban J connectivity index is 2.22. The molecule has 0 aliphatic heterocycles. The number of aliphatic hydroxyl groups is 1. The molecule has 2 N–H and O–H groups in total. The highest BCUT2D eigenvalue weighted by molar-refractivity contribution is 7.90. The fourth-order valence-corrected chi connectivity index (χ4v) is 2.95. The summed E-state index contributed by atoms with van der Waals surface area (Å²) in [6, 6.07) is 10.2. The van der Waals surface area contributed by atoms with Crippen molar-refractivity contribution >= 4 is 15.7 Å². The van der Waals surface area contributed by atoms with Gasteiger partial charge in [0.05, 0.1) is 12.4 Å². The summed E-state index contributed by atoms with van der Waals surface area (Å²) in [5, 5.41) is 11.7. The van der Waals surface area contributed by atoms with E-state index in [0.717, 1.165) is 0 Å². The van der Waals surface area contributed by atoms with Crippen molar-refractivity contribution in [2.45, 2.75) is 23.9 Å². The minimum Gasteiger partial charge on any atom is -0.394 e. The van der Waals surface area contributed by atoms with Gasteiger partial charge < -0.3 is 10.4 Å². The van der Waals surface area contributed by atoms with Gasteiger partial charge in [-0.1, -0.05) is 30.3 Å². The Hall–Kier alpha value is -1.99. The van der Waals surface area contributed by atoms with E-state index in [1.807, 2.05) is 6.07 Å². The van der Waals surface area contributed by atoms with Gasteiger partial charge >= 0.3 is 0 Å². The van der Waals surface area contributed by atoms with Crippen molar-refractivity contribution in [1.82, 2.24) is 9.97 Å². The highest BCUT2D eigenvalue weighted by Gasteiger charge is 2.19. The lowest BCUT2D eigenvalue weighted by Crippen LogP contribution is -2.21. The van der Waals surface area contributed by atoms with E-state index in [9.17, 15) is 8.42 Å². The first kappa shape index (κ1) is 15.4. The van der Waals surface area contributed by atoms with Gasteiger partial charge in [-0.15, -0.1) is 0 Å². The third kappa shape index (κ3) is 4.24. The van der Waals surface area contributed by atoms with Crippen molar-refractivity contribution in [3.05, 3.63) is 48.2 Å².